The van der Waals surface area contributed by atoms with Gasteiger partial charge in [-0.15, -0.1) is 0 Å². The van der Waals surface area contributed by atoms with Crippen LogP contribution in [0.4, 0.5) is 0 Å². The lowest BCUT2D eigenvalue weighted by Gasteiger charge is -2.20. The van der Waals surface area contributed by atoms with Gasteiger partial charge in [0.2, 0.25) is 0 Å². The lowest BCUT2D eigenvalue weighted by Crippen LogP contribution is -2.29. The Morgan fingerprint density at radius 3 is 2.33 bits per heavy atom. The summed E-state index contributed by atoms with van der Waals surface area (Å²) in [4.78, 5) is 2.64. The van der Waals surface area contributed by atoms with E-state index in [1.165, 1.54) is 45.3 Å². The van der Waals surface area contributed by atoms with E-state index in [0.29, 0.717) is 6.04 Å². The van der Waals surface area contributed by atoms with Crippen LogP contribution >= 0.6 is 0 Å². The third kappa shape index (κ3) is 2.73. The predicted octanol–water partition coefficient (Wildman–Crippen LogP) is 2.09. The van der Waals surface area contributed by atoms with Gasteiger partial charge in [-0.25, -0.2) is 0 Å². The van der Waals surface area contributed by atoms with Crippen molar-refractivity contribution >= 4 is 0 Å². The quantitative estimate of drug-likeness (QED) is 0.773. The van der Waals surface area contributed by atoms with Crippen LogP contribution < -0.4 is 5.73 Å². The maximum absolute atomic E-state index is 6.10. The van der Waals surface area contributed by atoms with Crippen molar-refractivity contribution in [1.82, 2.24) is 4.90 Å². The fraction of sp³-hybridized carbons (Fsp3) is 1.00. The van der Waals surface area contributed by atoms with Gasteiger partial charge in [-0.05, 0) is 43.6 Å². The molecule has 2 N–H and O–H groups in total. The fourth-order valence-corrected chi connectivity index (χ4v) is 3.20. The molecule has 0 aromatic carbocycles. The molecular weight excluding hydrogens is 184 g/mol. The van der Waals surface area contributed by atoms with Gasteiger partial charge >= 0.3 is 0 Å². The highest BCUT2D eigenvalue weighted by atomic mass is 15.1. The summed E-state index contributed by atoms with van der Waals surface area (Å²) in [6, 6.07) is 0.502. The summed E-state index contributed by atoms with van der Waals surface area (Å²) < 4.78 is 0. The number of hydrogen-bond acceptors (Lipinski definition) is 2. The van der Waals surface area contributed by atoms with E-state index < -0.39 is 0 Å². The summed E-state index contributed by atoms with van der Waals surface area (Å²) in [7, 11) is 0. The van der Waals surface area contributed by atoms with Gasteiger partial charge < -0.3 is 10.6 Å². The zero-order valence-corrected chi connectivity index (χ0v) is 10.3. The Morgan fingerprint density at radius 1 is 1.13 bits per heavy atom. The SMILES string of the molecule is CC1CN(CCC2CCCC2N)CC1C. The first-order chi connectivity index (χ1) is 7.16. The van der Waals surface area contributed by atoms with Crippen LogP contribution in [0.5, 0.6) is 0 Å². The number of nitrogens with two attached hydrogens (primary N) is 1. The van der Waals surface area contributed by atoms with E-state index >= 15 is 0 Å². The lowest BCUT2D eigenvalue weighted by atomic mass is 10.0. The fourth-order valence-electron chi connectivity index (χ4n) is 3.20. The van der Waals surface area contributed by atoms with Gasteiger partial charge in [0.1, 0.15) is 0 Å². The first kappa shape index (κ1) is 11.4. The van der Waals surface area contributed by atoms with Crippen LogP contribution in [0.3, 0.4) is 0 Å². The first-order valence-corrected chi connectivity index (χ1v) is 6.64. The van der Waals surface area contributed by atoms with Crippen LogP contribution in [-0.4, -0.2) is 30.6 Å². The summed E-state index contributed by atoms with van der Waals surface area (Å²) in [6.45, 7) is 8.66. The van der Waals surface area contributed by atoms with E-state index in [9.17, 15) is 0 Å². The summed E-state index contributed by atoms with van der Waals surface area (Å²) in [5.74, 6) is 2.60. The average molecular weight is 210 g/mol. The minimum Gasteiger partial charge on any atom is -0.327 e. The van der Waals surface area contributed by atoms with Gasteiger partial charge in [-0.2, -0.15) is 0 Å². The molecule has 1 aliphatic carbocycles. The topological polar surface area (TPSA) is 29.3 Å². The van der Waals surface area contributed by atoms with Crippen LogP contribution in [-0.2, 0) is 0 Å². The van der Waals surface area contributed by atoms with Gasteiger partial charge in [0.25, 0.3) is 0 Å². The molecular formula is C13H26N2. The molecule has 88 valence electrons. The Labute approximate surface area is 94.2 Å². The molecule has 0 aromatic heterocycles. The molecule has 2 heteroatoms. The molecule has 0 bridgehead atoms. The van der Waals surface area contributed by atoms with Gasteiger partial charge in [0.15, 0.2) is 0 Å². The van der Waals surface area contributed by atoms with Crippen molar-refractivity contribution in [3.05, 3.63) is 0 Å². The van der Waals surface area contributed by atoms with Gasteiger partial charge in [0, 0.05) is 19.1 Å². The van der Waals surface area contributed by atoms with E-state index in [4.69, 9.17) is 5.73 Å². The van der Waals surface area contributed by atoms with Gasteiger partial charge in [0.05, 0.1) is 0 Å². The molecule has 0 spiro atoms. The highest BCUT2D eigenvalue weighted by molar-refractivity contribution is 4.83. The smallest absolute Gasteiger partial charge is 0.00676 e. The molecule has 2 aliphatic rings. The van der Waals surface area contributed by atoms with E-state index in [2.05, 4.69) is 18.7 Å². The van der Waals surface area contributed by atoms with Crippen molar-refractivity contribution in [3.8, 4) is 0 Å². The van der Waals surface area contributed by atoms with E-state index in [1.807, 2.05) is 0 Å². The third-order valence-corrected chi connectivity index (χ3v) is 4.60. The van der Waals surface area contributed by atoms with E-state index in [0.717, 1.165) is 17.8 Å². The van der Waals surface area contributed by atoms with Crippen LogP contribution in [0.1, 0.15) is 39.5 Å². The zero-order valence-electron chi connectivity index (χ0n) is 10.3. The standard InChI is InChI=1S/C13H26N2/c1-10-8-15(9-11(10)2)7-6-12-4-3-5-13(12)14/h10-13H,3-9,14H2,1-2H3. The van der Waals surface area contributed by atoms with Crippen molar-refractivity contribution in [2.24, 2.45) is 23.5 Å². The van der Waals surface area contributed by atoms with Crippen molar-refractivity contribution in [2.75, 3.05) is 19.6 Å². The molecule has 2 rings (SSSR count). The minimum absolute atomic E-state index is 0.502. The van der Waals surface area contributed by atoms with E-state index in [-0.39, 0.29) is 0 Å². The van der Waals surface area contributed by atoms with E-state index in [1.54, 1.807) is 0 Å². The van der Waals surface area contributed by atoms with Crippen molar-refractivity contribution < 1.29 is 0 Å². The van der Waals surface area contributed by atoms with Crippen molar-refractivity contribution in [3.63, 3.8) is 0 Å². The van der Waals surface area contributed by atoms with Crippen LogP contribution in [0.2, 0.25) is 0 Å². The summed E-state index contributed by atoms with van der Waals surface area (Å²) in [5.41, 5.74) is 6.10. The second-order valence-corrected chi connectivity index (χ2v) is 5.86. The summed E-state index contributed by atoms with van der Waals surface area (Å²) in [5, 5.41) is 0. The summed E-state index contributed by atoms with van der Waals surface area (Å²) >= 11 is 0. The van der Waals surface area contributed by atoms with Crippen LogP contribution in [0.25, 0.3) is 0 Å². The monoisotopic (exact) mass is 210 g/mol. The number of likely N-dealkylation sites (tertiary alicyclic amines) is 1. The molecule has 4 atom stereocenters. The molecule has 1 heterocycles. The molecule has 0 amide bonds. The molecule has 1 aliphatic heterocycles. The maximum Gasteiger partial charge on any atom is 0.00676 e. The zero-order chi connectivity index (χ0) is 10.8. The summed E-state index contributed by atoms with van der Waals surface area (Å²) in [6.07, 6.45) is 5.33. The number of rotatable bonds is 3. The van der Waals surface area contributed by atoms with Gasteiger partial charge in [-0.1, -0.05) is 20.3 Å². The number of nitrogens with zero attached hydrogens (tertiary/aromatic N) is 1. The Kier molecular flexibility index (Phi) is 3.68. The minimum atomic E-state index is 0.502. The van der Waals surface area contributed by atoms with Crippen LogP contribution in [0.15, 0.2) is 0 Å². The van der Waals surface area contributed by atoms with Gasteiger partial charge in [-0.3, -0.25) is 0 Å². The molecule has 2 nitrogen and oxygen atoms in total. The Hall–Kier alpha value is -0.0800. The highest BCUT2D eigenvalue weighted by Gasteiger charge is 2.28. The van der Waals surface area contributed by atoms with Crippen LogP contribution in [0, 0.1) is 17.8 Å². The molecule has 2 fully saturated rings. The Bertz CT molecular complexity index is 195. The lowest BCUT2D eigenvalue weighted by molar-refractivity contribution is 0.284. The second-order valence-electron chi connectivity index (χ2n) is 5.86. The molecule has 0 radical (unpaired) electrons. The highest BCUT2D eigenvalue weighted by Crippen LogP contribution is 2.28. The molecule has 15 heavy (non-hydrogen) atoms. The molecule has 0 aromatic rings. The van der Waals surface area contributed by atoms with Crippen molar-refractivity contribution in [2.45, 2.75) is 45.6 Å². The second kappa shape index (κ2) is 4.84. The maximum atomic E-state index is 6.10. The third-order valence-electron chi connectivity index (χ3n) is 4.60. The first-order valence-electron chi connectivity index (χ1n) is 6.64. The Morgan fingerprint density at radius 2 is 1.80 bits per heavy atom. The molecule has 1 saturated carbocycles. The average Bonchev–Trinajstić information content (AvgIpc) is 2.72. The molecule has 4 unspecified atom stereocenters. The normalized spacial score (nSPS) is 42.6. The number of hydrogen-bond donors (Lipinski definition) is 1. The largest absolute Gasteiger partial charge is 0.327 e. The Balaban J connectivity index is 1.70. The predicted molar refractivity (Wildman–Crippen MR) is 64.7 cm³/mol. The van der Waals surface area contributed by atoms with Crippen molar-refractivity contribution in [1.29, 1.82) is 0 Å². The molecule has 1 saturated heterocycles.